The lowest BCUT2D eigenvalue weighted by Crippen LogP contribution is -2.32. The first kappa shape index (κ1) is 22.9. The smallest absolute Gasteiger partial charge is 0.252 e. The fourth-order valence-corrected chi connectivity index (χ4v) is 5.95. The van der Waals surface area contributed by atoms with E-state index in [0.29, 0.717) is 12.6 Å². The molecule has 34 heavy (non-hydrogen) atoms. The van der Waals surface area contributed by atoms with Gasteiger partial charge in [0.15, 0.2) is 5.82 Å². The average molecular weight is 477 g/mol. The zero-order chi connectivity index (χ0) is 23.7. The quantitative estimate of drug-likeness (QED) is 0.365. The topological polar surface area (TPSA) is 79.7 Å². The minimum atomic E-state index is -0.0254. The Morgan fingerprint density at radius 2 is 2.03 bits per heavy atom. The summed E-state index contributed by atoms with van der Waals surface area (Å²) in [5.74, 6) is 0.912. The van der Waals surface area contributed by atoms with Crippen molar-refractivity contribution in [2.45, 2.75) is 78.0 Å². The summed E-state index contributed by atoms with van der Waals surface area (Å²) in [7, 11) is 0. The van der Waals surface area contributed by atoms with Crippen LogP contribution < -0.4 is 5.56 Å². The van der Waals surface area contributed by atoms with Crippen LogP contribution in [-0.2, 0) is 13.1 Å². The first-order valence-corrected chi connectivity index (χ1v) is 13.1. The summed E-state index contributed by atoms with van der Waals surface area (Å²) in [5.41, 5.74) is 3.97. The summed E-state index contributed by atoms with van der Waals surface area (Å²) in [6, 6.07) is 10.9. The van der Waals surface area contributed by atoms with E-state index in [0.717, 1.165) is 53.7 Å². The number of benzene rings is 1. The molecule has 5 rings (SSSR count). The second-order valence-corrected chi connectivity index (χ2v) is 10.5. The Labute approximate surface area is 203 Å². The highest BCUT2D eigenvalue weighted by molar-refractivity contribution is 7.09. The third-order valence-electron chi connectivity index (χ3n) is 7.25. The van der Waals surface area contributed by atoms with Crippen molar-refractivity contribution < 1.29 is 0 Å². The Bertz CT molecular complexity index is 1320. The normalized spacial score (nSPS) is 15.5. The predicted molar refractivity (Wildman–Crippen MR) is 136 cm³/mol. The lowest BCUT2D eigenvalue weighted by Gasteiger charge is -2.30. The first-order valence-electron chi connectivity index (χ1n) is 12.2. The predicted octanol–water partition coefficient (Wildman–Crippen LogP) is 5.46. The number of thiophene rings is 1. The van der Waals surface area contributed by atoms with Crippen LogP contribution >= 0.6 is 11.3 Å². The van der Waals surface area contributed by atoms with Gasteiger partial charge in [-0.15, -0.1) is 16.4 Å². The third-order valence-corrected chi connectivity index (χ3v) is 8.12. The molecule has 1 saturated carbocycles. The standard InChI is InChI=1S/C26H32N6OS/c1-4-23(25-28-29-30-32(25)21-8-5-6-9-21)31(16-22-10-7-13-34-22)15-20-14-19-12-11-17(2)18(3)24(19)27-26(20)33/h7,10-14,21,23H,4-6,8-9,15-16H2,1-3H3,(H,27,33)/t23-/m0/s1. The summed E-state index contributed by atoms with van der Waals surface area (Å²) in [6.07, 6.45) is 5.57. The number of rotatable bonds is 8. The van der Waals surface area contributed by atoms with Crippen molar-refractivity contribution in [1.82, 2.24) is 30.1 Å². The lowest BCUT2D eigenvalue weighted by molar-refractivity contribution is 0.159. The van der Waals surface area contributed by atoms with Crippen molar-refractivity contribution in [3.63, 3.8) is 0 Å². The third kappa shape index (κ3) is 4.44. The maximum absolute atomic E-state index is 13.2. The van der Waals surface area contributed by atoms with Crippen molar-refractivity contribution in [2.75, 3.05) is 0 Å². The van der Waals surface area contributed by atoms with Crippen LogP contribution in [0.15, 0.2) is 40.5 Å². The number of hydrogen-bond acceptors (Lipinski definition) is 6. The van der Waals surface area contributed by atoms with Crippen LogP contribution in [0.5, 0.6) is 0 Å². The molecule has 0 amide bonds. The van der Waals surface area contributed by atoms with Gasteiger partial charge in [0, 0.05) is 23.5 Å². The Hall–Kier alpha value is -2.84. The van der Waals surface area contributed by atoms with Crippen LogP contribution in [0.25, 0.3) is 10.9 Å². The van der Waals surface area contributed by atoms with Gasteiger partial charge in [-0.3, -0.25) is 9.69 Å². The number of nitrogens with one attached hydrogen (secondary N) is 1. The van der Waals surface area contributed by atoms with Gasteiger partial charge in [-0.2, -0.15) is 0 Å². The molecule has 0 aliphatic heterocycles. The second kappa shape index (κ2) is 9.80. The van der Waals surface area contributed by atoms with Crippen LogP contribution in [0, 0.1) is 13.8 Å². The van der Waals surface area contributed by atoms with Gasteiger partial charge in [0.05, 0.1) is 17.6 Å². The van der Waals surface area contributed by atoms with Gasteiger partial charge in [0.1, 0.15) is 0 Å². The van der Waals surface area contributed by atoms with E-state index in [4.69, 9.17) is 0 Å². The molecule has 1 atom stereocenters. The number of hydrogen-bond donors (Lipinski definition) is 1. The molecule has 1 aliphatic rings. The average Bonchev–Trinajstić information content (AvgIpc) is 3.60. The SMILES string of the molecule is CC[C@@H](c1nnnn1C1CCCC1)N(Cc1cccs1)Cc1cc2ccc(C)c(C)c2[nH]c1=O. The maximum atomic E-state index is 13.2. The van der Waals surface area contributed by atoms with E-state index < -0.39 is 0 Å². The highest BCUT2D eigenvalue weighted by atomic mass is 32.1. The van der Waals surface area contributed by atoms with E-state index in [1.165, 1.54) is 23.3 Å². The minimum absolute atomic E-state index is 0.0209. The van der Waals surface area contributed by atoms with E-state index in [-0.39, 0.29) is 11.6 Å². The van der Waals surface area contributed by atoms with Crippen molar-refractivity contribution in [3.8, 4) is 0 Å². The Morgan fingerprint density at radius 1 is 1.21 bits per heavy atom. The summed E-state index contributed by atoms with van der Waals surface area (Å²) < 4.78 is 2.05. The zero-order valence-electron chi connectivity index (χ0n) is 20.1. The number of aryl methyl sites for hydroxylation is 2. The molecule has 178 valence electrons. The van der Waals surface area contributed by atoms with Crippen LogP contribution in [0.1, 0.15) is 78.5 Å². The van der Waals surface area contributed by atoms with Gasteiger partial charge in [0.2, 0.25) is 0 Å². The van der Waals surface area contributed by atoms with Gasteiger partial charge in [-0.05, 0) is 77.6 Å². The Morgan fingerprint density at radius 3 is 2.76 bits per heavy atom. The van der Waals surface area contributed by atoms with Crippen LogP contribution in [0.3, 0.4) is 0 Å². The minimum Gasteiger partial charge on any atom is -0.321 e. The van der Waals surface area contributed by atoms with Gasteiger partial charge >= 0.3 is 0 Å². The van der Waals surface area contributed by atoms with Crippen LogP contribution in [0.4, 0.5) is 0 Å². The molecule has 1 aromatic carbocycles. The molecular formula is C26H32N6OS. The molecule has 1 fully saturated rings. The van der Waals surface area contributed by atoms with Crippen LogP contribution in [-0.4, -0.2) is 30.1 Å². The molecule has 0 unspecified atom stereocenters. The molecule has 0 radical (unpaired) electrons. The molecule has 0 bridgehead atoms. The van der Waals surface area contributed by atoms with Gasteiger partial charge in [-0.25, -0.2) is 4.68 Å². The lowest BCUT2D eigenvalue weighted by atomic mass is 10.0. The Balaban J connectivity index is 1.53. The van der Waals surface area contributed by atoms with Crippen molar-refractivity contribution >= 4 is 22.2 Å². The number of tetrazole rings is 1. The van der Waals surface area contributed by atoms with Gasteiger partial charge in [0.25, 0.3) is 5.56 Å². The number of nitrogens with zero attached hydrogens (tertiary/aromatic N) is 5. The van der Waals surface area contributed by atoms with E-state index in [9.17, 15) is 4.79 Å². The fraction of sp³-hybridized carbons (Fsp3) is 0.462. The first-order chi connectivity index (χ1) is 16.5. The largest absolute Gasteiger partial charge is 0.321 e. The maximum Gasteiger partial charge on any atom is 0.252 e. The van der Waals surface area contributed by atoms with Crippen molar-refractivity contribution in [2.24, 2.45) is 0 Å². The molecule has 1 N–H and O–H groups in total. The van der Waals surface area contributed by atoms with E-state index in [1.54, 1.807) is 11.3 Å². The molecule has 4 aromatic rings. The molecule has 8 heteroatoms. The van der Waals surface area contributed by atoms with E-state index in [1.807, 2.05) is 0 Å². The highest BCUT2D eigenvalue weighted by Gasteiger charge is 2.30. The van der Waals surface area contributed by atoms with Gasteiger partial charge in [-0.1, -0.05) is 38.0 Å². The second-order valence-electron chi connectivity index (χ2n) is 9.42. The molecule has 3 aromatic heterocycles. The Kier molecular flexibility index (Phi) is 6.61. The number of aromatic amines is 1. The number of aromatic nitrogens is 5. The number of pyridine rings is 1. The summed E-state index contributed by atoms with van der Waals surface area (Å²) in [4.78, 5) is 20.0. The van der Waals surface area contributed by atoms with Crippen molar-refractivity contribution in [1.29, 1.82) is 0 Å². The molecule has 7 nitrogen and oxygen atoms in total. The molecule has 3 heterocycles. The number of fused-ring (bicyclic) bond motifs is 1. The molecule has 0 spiro atoms. The number of H-pyrrole nitrogens is 1. The zero-order valence-corrected chi connectivity index (χ0v) is 20.9. The molecule has 1 aliphatic carbocycles. The van der Waals surface area contributed by atoms with E-state index in [2.05, 4.69) is 86.6 Å². The molecular weight excluding hydrogens is 444 g/mol. The van der Waals surface area contributed by atoms with Gasteiger partial charge < -0.3 is 4.98 Å². The van der Waals surface area contributed by atoms with Crippen LogP contribution in [0.2, 0.25) is 0 Å². The summed E-state index contributed by atoms with van der Waals surface area (Å²) in [5, 5.41) is 16.1. The fourth-order valence-electron chi connectivity index (χ4n) is 5.22. The summed E-state index contributed by atoms with van der Waals surface area (Å²) >= 11 is 1.74. The monoisotopic (exact) mass is 476 g/mol. The summed E-state index contributed by atoms with van der Waals surface area (Å²) in [6.45, 7) is 7.59. The molecule has 0 saturated heterocycles. The van der Waals surface area contributed by atoms with E-state index >= 15 is 0 Å². The van der Waals surface area contributed by atoms with Crippen molar-refractivity contribution in [3.05, 3.63) is 73.5 Å². The highest BCUT2D eigenvalue weighted by Crippen LogP contribution is 2.34.